The maximum absolute atomic E-state index is 11.5. The maximum Gasteiger partial charge on any atom is 0.350 e. The van der Waals surface area contributed by atoms with Gasteiger partial charge in [-0.15, -0.1) is 11.8 Å². The number of hydrogen-bond acceptors (Lipinski definition) is 5. The Morgan fingerprint density at radius 3 is 2.43 bits per heavy atom. The molecular weight excluding hydrogens is 202 g/mol. The Bertz CT molecular complexity index is 210. The highest BCUT2D eigenvalue weighted by atomic mass is 32.2. The minimum absolute atomic E-state index is 0.342. The van der Waals surface area contributed by atoms with Crippen molar-refractivity contribution in [3.63, 3.8) is 0 Å². The van der Waals surface area contributed by atoms with Crippen LogP contribution in [0.1, 0.15) is 13.8 Å². The normalized spacial score (nSPS) is 11.7. The van der Waals surface area contributed by atoms with Gasteiger partial charge in [0.1, 0.15) is 0 Å². The molecule has 0 atom stereocenters. The molecule has 4 nitrogen and oxygen atoms in total. The van der Waals surface area contributed by atoms with Crippen LogP contribution in [0.3, 0.4) is 0 Å². The van der Waals surface area contributed by atoms with Crippen LogP contribution < -0.4 is 5.32 Å². The first kappa shape index (κ1) is 13.2. The van der Waals surface area contributed by atoms with E-state index >= 15 is 0 Å². The van der Waals surface area contributed by atoms with Crippen molar-refractivity contribution in [3.05, 3.63) is 10.8 Å². The second-order valence-corrected chi connectivity index (χ2v) is 3.54. The molecule has 5 heteroatoms. The molecule has 14 heavy (non-hydrogen) atoms. The van der Waals surface area contributed by atoms with Crippen molar-refractivity contribution in [3.8, 4) is 0 Å². The van der Waals surface area contributed by atoms with Crippen molar-refractivity contribution in [1.82, 2.24) is 5.32 Å². The summed E-state index contributed by atoms with van der Waals surface area (Å²) < 4.78 is 9.93. The van der Waals surface area contributed by atoms with Gasteiger partial charge >= 0.3 is 5.97 Å². The predicted molar refractivity (Wildman–Crippen MR) is 57.9 cm³/mol. The third-order valence-corrected chi connectivity index (χ3v) is 2.32. The third kappa shape index (κ3) is 3.91. The molecule has 0 unspecified atom stereocenters. The standard InChI is InChI=1S/C9H17NO3S/c1-5-13-9(11)7(14-6-2)8(10-3)12-4/h10H,5-6H2,1-4H3/b8-7+. The highest BCUT2D eigenvalue weighted by Gasteiger charge is 2.16. The summed E-state index contributed by atoms with van der Waals surface area (Å²) in [6, 6.07) is 0. The molecule has 0 aromatic carbocycles. The number of hydrogen-bond donors (Lipinski definition) is 1. The number of esters is 1. The zero-order valence-corrected chi connectivity index (χ0v) is 9.86. The van der Waals surface area contributed by atoms with Crippen LogP contribution in [0.25, 0.3) is 0 Å². The molecule has 0 aliphatic rings. The number of thioether (sulfide) groups is 1. The topological polar surface area (TPSA) is 47.6 Å². The largest absolute Gasteiger partial charge is 0.482 e. The van der Waals surface area contributed by atoms with Crippen LogP contribution in [0.2, 0.25) is 0 Å². The minimum Gasteiger partial charge on any atom is -0.482 e. The van der Waals surface area contributed by atoms with Gasteiger partial charge in [-0.2, -0.15) is 0 Å². The molecule has 0 aliphatic carbocycles. The number of carbonyl (C=O) groups is 1. The molecule has 0 spiro atoms. The predicted octanol–water partition coefficient (Wildman–Crippen LogP) is 1.34. The van der Waals surface area contributed by atoms with Gasteiger partial charge in [0.05, 0.1) is 13.7 Å². The van der Waals surface area contributed by atoms with Gasteiger partial charge in [-0.05, 0) is 12.7 Å². The summed E-state index contributed by atoms with van der Waals surface area (Å²) in [5, 5.41) is 2.81. The van der Waals surface area contributed by atoms with Gasteiger partial charge in [0.15, 0.2) is 4.91 Å². The van der Waals surface area contributed by atoms with Gasteiger partial charge in [0, 0.05) is 7.05 Å². The molecule has 0 radical (unpaired) electrons. The summed E-state index contributed by atoms with van der Waals surface area (Å²) in [4.78, 5) is 12.0. The first-order valence-corrected chi connectivity index (χ1v) is 5.45. The molecule has 0 amide bonds. The fourth-order valence-electron chi connectivity index (χ4n) is 0.866. The van der Waals surface area contributed by atoms with Crippen LogP contribution in [0.5, 0.6) is 0 Å². The summed E-state index contributed by atoms with van der Waals surface area (Å²) in [5.41, 5.74) is 0. The van der Waals surface area contributed by atoms with E-state index in [1.54, 1.807) is 14.0 Å². The van der Waals surface area contributed by atoms with Crippen LogP contribution in [0.4, 0.5) is 0 Å². The van der Waals surface area contributed by atoms with Crippen LogP contribution in [-0.2, 0) is 14.3 Å². The van der Waals surface area contributed by atoms with Gasteiger partial charge in [0.2, 0.25) is 5.88 Å². The quantitative estimate of drug-likeness (QED) is 0.415. The number of nitrogens with one attached hydrogen (secondary N) is 1. The highest BCUT2D eigenvalue weighted by Crippen LogP contribution is 2.20. The lowest BCUT2D eigenvalue weighted by Gasteiger charge is -2.11. The van der Waals surface area contributed by atoms with Crippen molar-refractivity contribution in [2.75, 3.05) is 26.5 Å². The zero-order chi connectivity index (χ0) is 11.0. The summed E-state index contributed by atoms with van der Waals surface area (Å²) in [6.07, 6.45) is 0. The molecule has 1 N–H and O–H groups in total. The molecule has 0 fully saturated rings. The number of methoxy groups -OCH3 is 1. The lowest BCUT2D eigenvalue weighted by atomic mass is 10.5. The first-order chi connectivity index (χ1) is 6.71. The summed E-state index contributed by atoms with van der Waals surface area (Å²) in [7, 11) is 3.22. The molecule has 0 aliphatic heterocycles. The molecule has 0 bridgehead atoms. The van der Waals surface area contributed by atoms with E-state index in [1.807, 2.05) is 6.92 Å². The van der Waals surface area contributed by atoms with Crippen LogP contribution in [0.15, 0.2) is 10.8 Å². The Balaban J connectivity index is 4.70. The van der Waals surface area contributed by atoms with E-state index in [1.165, 1.54) is 18.9 Å². The van der Waals surface area contributed by atoms with E-state index in [2.05, 4.69) is 5.32 Å². The van der Waals surface area contributed by atoms with Crippen molar-refractivity contribution < 1.29 is 14.3 Å². The van der Waals surface area contributed by atoms with E-state index in [4.69, 9.17) is 9.47 Å². The summed E-state index contributed by atoms with van der Waals surface area (Å²) in [6.45, 7) is 4.11. The molecule has 0 rings (SSSR count). The summed E-state index contributed by atoms with van der Waals surface area (Å²) in [5.74, 6) is 0.906. The minimum atomic E-state index is -0.342. The lowest BCUT2D eigenvalue weighted by molar-refractivity contribution is -0.137. The smallest absolute Gasteiger partial charge is 0.350 e. The Hall–Kier alpha value is -0.840. The SMILES string of the molecule is CCOC(=O)/C(SCC)=C(/NC)OC. The molecule has 0 aromatic rings. The second kappa shape index (κ2) is 7.55. The van der Waals surface area contributed by atoms with Crippen LogP contribution >= 0.6 is 11.8 Å². The molecule has 82 valence electrons. The van der Waals surface area contributed by atoms with E-state index in [0.29, 0.717) is 17.4 Å². The van der Waals surface area contributed by atoms with Crippen molar-refractivity contribution in [2.24, 2.45) is 0 Å². The molecule has 0 saturated heterocycles. The van der Waals surface area contributed by atoms with E-state index in [-0.39, 0.29) is 5.97 Å². The second-order valence-electron chi connectivity index (χ2n) is 2.27. The maximum atomic E-state index is 11.5. The van der Waals surface area contributed by atoms with Crippen molar-refractivity contribution in [1.29, 1.82) is 0 Å². The monoisotopic (exact) mass is 219 g/mol. The lowest BCUT2D eigenvalue weighted by Crippen LogP contribution is -2.16. The average molecular weight is 219 g/mol. The molecule has 0 aromatic heterocycles. The van der Waals surface area contributed by atoms with Gasteiger partial charge in [-0.25, -0.2) is 4.79 Å². The Kier molecular flexibility index (Phi) is 7.10. The van der Waals surface area contributed by atoms with Crippen molar-refractivity contribution in [2.45, 2.75) is 13.8 Å². The first-order valence-electron chi connectivity index (χ1n) is 4.47. The zero-order valence-electron chi connectivity index (χ0n) is 9.05. The highest BCUT2D eigenvalue weighted by molar-refractivity contribution is 8.03. The van der Waals surface area contributed by atoms with Gasteiger partial charge in [-0.1, -0.05) is 6.92 Å². The Morgan fingerprint density at radius 1 is 1.43 bits per heavy atom. The molecular formula is C9H17NO3S. The fourth-order valence-corrected chi connectivity index (χ4v) is 1.65. The van der Waals surface area contributed by atoms with Gasteiger partial charge < -0.3 is 14.8 Å². The number of ether oxygens (including phenoxy) is 2. The summed E-state index contributed by atoms with van der Waals surface area (Å²) >= 11 is 1.40. The average Bonchev–Trinajstić information content (AvgIpc) is 2.18. The third-order valence-electron chi connectivity index (χ3n) is 1.39. The van der Waals surface area contributed by atoms with E-state index in [0.717, 1.165) is 5.75 Å². The van der Waals surface area contributed by atoms with Crippen LogP contribution in [0, 0.1) is 0 Å². The van der Waals surface area contributed by atoms with Crippen molar-refractivity contribution >= 4 is 17.7 Å². The molecule has 0 heterocycles. The van der Waals surface area contributed by atoms with E-state index in [9.17, 15) is 4.79 Å². The molecule has 0 saturated carbocycles. The van der Waals surface area contributed by atoms with Gasteiger partial charge in [-0.3, -0.25) is 0 Å². The van der Waals surface area contributed by atoms with E-state index < -0.39 is 0 Å². The Labute approximate surface area is 89.0 Å². The Morgan fingerprint density at radius 2 is 2.07 bits per heavy atom. The fraction of sp³-hybridized carbons (Fsp3) is 0.667. The number of rotatable bonds is 6. The van der Waals surface area contributed by atoms with Gasteiger partial charge in [0.25, 0.3) is 0 Å². The number of carbonyl (C=O) groups excluding carboxylic acids is 1. The van der Waals surface area contributed by atoms with Crippen LogP contribution in [-0.4, -0.2) is 32.5 Å².